The van der Waals surface area contributed by atoms with Crippen LogP contribution < -0.4 is 0 Å². The predicted octanol–water partition coefficient (Wildman–Crippen LogP) is 2.24. The van der Waals surface area contributed by atoms with Crippen LogP contribution in [0.2, 0.25) is 0 Å². The summed E-state index contributed by atoms with van der Waals surface area (Å²) in [6.07, 6.45) is 0.922. The third-order valence-electron chi connectivity index (χ3n) is 3.47. The van der Waals surface area contributed by atoms with Crippen LogP contribution in [0.3, 0.4) is 0 Å². The van der Waals surface area contributed by atoms with Crippen LogP contribution >= 0.6 is 31.9 Å². The molecule has 0 aromatic heterocycles. The number of aromatic hydroxyl groups is 2. The van der Waals surface area contributed by atoms with Gasteiger partial charge < -0.3 is 20.2 Å². The van der Waals surface area contributed by atoms with Gasteiger partial charge in [-0.25, -0.2) is 4.79 Å². The number of phenolic OH excluding ortho intramolecular Hbond substituents is 2. The minimum absolute atomic E-state index is 0.180. The van der Waals surface area contributed by atoms with Gasteiger partial charge in [0.25, 0.3) is 0 Å². The van der Waals surface area contributed by atoms with Crippen LogP contribution in [0, 0.1) is 0 Å². The quantitative estimate of drug-likeness (QED) is 0.646. The Morgan fingerprint density at radius 1 is 1.33 bits per heavy atom. The van der Waals surface area contributed by atoms with Gasteiger partial charge in [-0.3, -0.25) is 4.79 Å². The monoisotopic (exact) mass is 421 g/mol. The lowest BCUT2D eigenvalue weighted by Crippen LogP contribution is -2.39. The zero-order valence-electron chi connectivity index (χ0n) is 10.8. The maximum Gasteiger partial charge on any atom is 0.326 e. The number of hydrogen-bond acceptors (Lipinski definition) is 4. The fraction of sp³-hybridized carbons (Fsp3) is 0.385. The largest absolute Gasteiger partial charge is 0.504 e. The molecule has 0 spiro atoms. The number of carboxylic acids is 1. The number of rotatable bonds is 4. The summed E-state index contributed by atoms with van der Waals surface area (Å²) in [6.45, 7) is 0.241. The Kier molecular flexibility index (Phi) is 4.77. The van der Waals surface area contributed by atoms with E-state index in [1.54, 1.807) is 0 Å². The molecular weight excluding hydrogens is 410 g/mol. The van der Waals surface area contributed by atoms with Crippen molar-refractivity contribution in [2.75, 3.05) is 6.54 Å². The first-order valence-electron chi connectivity index (χ1n) is 6.24. The van der Waals surface area contributed by atoms with Gasteiger partial charge in [-0.1, -0.05) is 0 Å². The third kappa shape index (κ3) is 3.16. The average Bonchev–Trinajstić information content (AvgIpc) is 2.80. The van der Waals surface area contributed by atoms with Gasteiger partial charge in [-0.15, -0.1) is 0 Å². The molecule has 1 aliphatic rings. The smallest absolute Gasteiger partial charge is 0.326 e. The van der Waals surface area contributed by atoms with Gasteiger partial charge in [0.05, 0.1) is 4.47 Å². The van der Waals surface area contributed by atoms with Crippen LogP contribution in [0.1, 0.15) is 18.4 Å². The number of benzene rings is 1. The molecule has 3 N–H and O–H groups in total. The molecule has 1 aromatic rings. The molecule has 1 saturated heterocycles. The van der Waals surface area contributed by atoms with Gasteiger partial charge in [0.1, 0.15) is 6.04 Å². The number of halogens is 2. The summed E-state index contributed by atoms with van der Waals surface area (Å²) < 4.78 is 0.886. The maximum atomic E-state index is 11.7. The van der Waals surface area contributed by atoms with E-state index in [0.717, 1.165) is 0 Å². The first kappa shape index (κ1) is 16.1. The summed E-state index contributed by atoms with van der Waals surface area (Å²) in [6, 6.07) is 0.603. The third-order valence-corrected chi connectivity index (χ3v) is 5.68. The molecule has 1 aliphatic heterocycles. The highest BCUT2D eigenvalue weighted by molar-refractivity contribution is 9.13. The predicted molar refractivity (Wildman–Crippen MR) is 81.2 cm³/mol. The van der Waals surface area contributed by atoms with E-state index in [4.69, 9.17) is 5.11 Å². The zero-order chi connectivity index (χ0) is 15.7. The van der Waals surface area contributed by atoms with Gasteiger partial charge in [-0.2, -0.15) is 0 Å². The van der Waals surface area contributed by atoms with Crippen LogP contribution in [0.15, 0.2) is 15.0 Å². The molecule has 0 bridgehead atoms. The standard InChI is InChI=1S/C13H13Br2NO5/c14-10-6(5-8(17)12(19)11(10)15)3-4-16-7(13(20)21)1-2-9(16)18/h5,7,17,19H,1-4H2,(H,20,21)/t7-/m0/s1. The van der Waals surface area contributed by atoms with Gasteiger partial charge in [0.2, 0.25) is 5.91 Å². The molecule has 21 heavy (non-hydrogen) atoms. The molecule has 114 valence electrons. The van der Waals surface area contributed by atoms with E-state index in [1.807, 2.05) is 0 Å². The second-order valence-electron chi connectivity index (χ2n) is 4.76. The Morgan fingerprint density at radius 2 is 2.00 bits per heavy atom. The molecule has 1 atom stereocenters. The fourth-order valence-electron chi connectivity index (χ4n) is 2.35. The highest BCUT2D eigenvalue weighted by atomic mass is 79.9. The molecule has 2 rings (SSSR count). The highest BCUT2D eigenvalue weighted by Crippen LogP contribution is 2.41. The van der Waals surface area contributed by atoms with Crippen LogP contribution in [0.25, 0.3) is 0 Å². The first-order chi connectivity index (χ1) is 9.82. The van der Waals surface area contributed by atoms with Gasteiger partial charge in [0.15, 0.2) is 11.5 Å². The van der Waals surface area contributed by atoms with E-state index in [0.29, 0.717) is 27.4 Å². The van der Waals surface area contributed by atoms with Crippen molar-refractivity contribution in [3.05, 3.63) is 20.6 Å². The second kappa shape index (κ2) is 6.23. The number of carboxylic acid groups (broad SMARTS) is 1. The molecule has 0 unspecified atom stereocenters. The summed E-state index contributed by atoms with van der Waals surface area (Å²) in [5.41, 5.74) is 0.668. The fourth-order valence-corrected chi connectivity index (χ4v) is 3.31. The number of nitrogens with zero attached hydrogens (tertiary/aromatic N) is 1. The number of carbonyl (C=O) groups excluding carboxylic acids is 1. The number of hydrogen-bond donors (Lipinski definition) is 3. The van der Waals surface area contributed by atoms with Crippen LogP contribution in [0.4, 0.5) is 0 Å². The zero-order valence-corrected chi connectivity index (χ0v) is 14.0. The number of aliphatic carboxylic acids is 1. The number of likely N-dealkylation sites (tertiary alicyclic amines) is 1. The molecule has 1 amide bonds. The second-order valence-corrected chi connectivity index (χ2v) is 6.35. The van der Waals surface area contributed by atoms with E-state index >= 15 is 0 Å². The molecule has 1 fully saturated rings. The Labute approximate surface area is 137 Å². The van der Waals surface area contributed by atoms with Crippen molar-refractivity contribution < 1.29 is 24.9 Å². The van der Waals surface area contributed by atoms with E-state index in [2.05, 4.69) is 31.9 Å². The molecule has 1 aromatic carbocycles. The number of amides is 1. The van der Waals surface area contributed by atoms with E-state index in [1.165, 1.54) is 11.0 Å². The van der Waals surface area contributed by atoms with Crippen molar-refractivity contribution in [1.82, 2.24) is 4.90 Å². The molecule has 1 heterocycles. The van der Waals surface area contributed by atoms with Crippen molar-refractivity contribution in [3.8, 4) is 11.5 Å². The Hall–Kier alpha value is -1.28. The highest BCUT2D eigenvalue weighted by Gasteiger charge is 2.35. The van der Waals surface area contributed by atoms with Crippen LogP contribution in [-0.2, 0) is 16.0 Å². The van der Waals surface area contributed by atoms with Crippen molar-refractivity contribution in [3.63, 3.8) is 0 Å². The first-order valence-corrected chi connectivity index (χ1v) is 7.82. The molecular formula is C13H13Br2NO5. The Bertz CT molecular complexity index is 605. The summed E-state index contributed by atoms with van der Waals surface area (Å²) >= 11 is 6.45. The summed E-state index contributed by atoms with van der Waals surface area (Å²) in [4.78, 5) is 24.2. The molecule has 0 radical (unpaired) electrons. The van der Waals surface area contributed by atoms with Crippen molar-refractivity contribution in [2.45, 2.75) is 25.3 Å². The summed E-state index contributed by atoms with van der Waals surface area (Å²) in [5.74, 6) is -1.73. The number of phenols is 2. The van der Waals surface area contributed by atoms with Crippen molar-refractivity contribution in [1.29, 1.82) is 0 Å². The summed E-state index contributed by atoms with van der Waals surface area (Å²) in [7, 11) is 0. The van der Waals surface area contributed by atoms with Crippen molar-refractivity contribution >= 4 is 43.7 Å². The van der Waals surface area contributed by atoms with Crippen LogP contribution in [-0.4, -0.2) is 44.7 Å². The lowest BCUT2D eigenvalue weighted by atomic mass is 10.1. The van der Waals surface area contributed by atoms with Crippen LogP contribution in [0.5, 0.6) is 11.5 Å². The molecule has 0 aliphatic carbocycles. The average molecular weight is 423 g/mol. The Balaban J connectivity index is 2.16. The minimum Gasteiger partial charge on any atom is -0.504 e. The van der Waals surface area contributed by atoms with E-state index in [9.17, 15) is 19.8 Å². The lowest BCUT2D eigenvalue weighted by Gasteiger charge is -2.22. The van der Waals surface area contributed by atoms with Gasteiger partial charge in [-0.05, 0) is 56.3 Å². The van der Waals surface area contributed by atoms with E-state index < -0.39 is 12.0 Å². The molecule has 8 heteroatoms. The normalized spacial score (nSPS) is 18.3. The summed E-state index contributed by atoms with van der Waals surface area (Å²) in [5, 5.41) is 28.3. The molecule has 6 nitrogen and oxygen atoms in total. The maximum absolute atomic E-state index is 11.7. The Morgan fingerprint density at radius 3 is 2.62 bits per heavy atom. The van der Waals surface area contributed by atoms with E-state index in [-0.39, 0.29) is 30.4 Å². The topological polar surface area (TPSA) is 98.1 Å². The lowest BCUT2D eigenvalue weighted by molar-refractivity contribution is -0.146. The van der Waals surface area contributed by atoms with Gasteiger partial charge >= 0.3 is 5.97 Å². The van der Waals surface area contributed by atoms with Crippen molar-refractivity contribution in [2.24, 2.45) is 0 Å². The SMILES string of the molecule is O=C(O)[C@@H]1CCC(=O)N1CCc1cc(O)c(O)c(Br)c1Br. The minimum atomic E-state index is -1.00. The molecule has 0 saturated carbocycles. The van der Waals surface area contributed by atoms with Gasteiger partial charge in [0, 0.05) is 17.4 Å². The number of carbonyl (C=O) groups is 2.